The molecule has 1 aliphatic rings. The van der Waals surface area contributed by atoms with E-state index in [4.69, 9.17) is 4.74 Å². The fourth-order valence-electron chi connectivity index (χ4n) is 3.96. The molecule has 1 amide bonds. The second-order valence-corrected chi connectivity index (χ2v) is 7.66. The number of methoxy groups -OCH3 is 1. The highest BCUT2D eigenvalue weighted by atomic mass is 19.3. The Morgan fingerprint density at radius 3 is 2.55 bits per heavy atom. The van der Waals surface area contributed by atoms with Gasteiger partial charge in [-0.2, -0.15) is 0 Å². The lowest BCUT2D eigenvalue weighted by molar-refractivity contribution is 0.0926. The van der Waals surface area contributed by atoms with Crippen molar-refractivity contribution in [3.63, 3.8) is 0 Å². The van der Waals surface area contributed by atoms with Gasteiger partial charge in [-0.1, -0.05) is 12.1 Å². The first kappa shape index (κ1) is 21.0. The number of fused-ring (bicyclic) bond motifs is 1. The van der Waals surface area contributed by atoms with Crippen molar-refractivity contribution < 1.29 is 18.3 Å². The number of nitrogens with one attached hydrogen (secondary N) is 2. The van der Waals surface area contributed by atoms with Gasteiger partial charge < -0.3 is 15.4 Å². The lowest BCUT2D eigenvalue weighted by atomic mass is 9.90. The number of ether oxygens (including phenoxy) is 1. The minimum atomic E-state index is -2.74. The number of carbonyl (C=O) groups excluding carboxylic acids is 1. The maximum atomic E-state index is 13.3. The highest BCUT2D eigenvalue weighted by Gasteiger charge is 2.25. The summed E-state index contributed by atoms with van der Waals surface area (Å²) in [5, 5.41) is 7.11. The molecule has 0 radical (unpaired) electrons. The Morgan fingerprint density at radius 1 is 1.06 bits per heavy atom. The number of rotatable bonds is 6. The van der Waals surface area contributed by atoms with Gasteiger partial charge in [-0.3, -0.25) is 4.79 Å². The van der Waals surface area contributed by atoms with Gasteiger partial charge >= 0.3 is 0 Å². The van der Waals surface area contributed by atoms with E-state index in [9.17, 15) is 13.6 Å². The topological polar surface area (TPSA) is 76.1 Å². The molecule has 1 aromatic heterocycles. The van der Waals surface area contributed by atoms with Crippen LogP contribution in [0.3, 0.4) is 0 Å². The number of carbonyl (C=O) groups is 1. The summed E-state index contributed by atoms with van der Waals surface area (Å²) < 4.78 is 31.6. The molecule has 3 aromatic rings. The highest BCUT2D eigenvalue weighted by Crippen LogP contribution is 2.28. The number of alkyl halides is 2. The average molecular weight is 426 g/mol. The van der Waals surface area contributed by atoms with E-state index in [2.05, 4.69) is 20.6 Å². The van der Waals surface area contributed by atoms with Crippen molar-refractivity contribution in [2.75, 3.05) is 12.4 Å². The van der Waals surface area contributed by atoms with Gasteiger partial charge in [0, 0.05) is 23.0 Å². The van der Waals surface area contributed by atoms with Crippen molar-refractivity contribution in [3.8, 4) is 5.75 Å². The monoisotopic (exact) mass is 426 g/mol. The number of amides is 1. The number of halogens is 2. The minimum Gasteiger partial charge on any atom is -0.497 e. The molecule has 1 aliphatic carbocycles. The van der Waals surface area contributed by atoms with Crippen LogP contribution in [0.1, 0.15) is 48.3 Å². The summed E-state index contributed by atoms with van der Waals surface area (Å²) in [5.74, 6) is 0.480. The molecule has 0 saturated heterocycles. The molecule has 162 valence electrons. The summed E-state index contributed by atoms with van der Waals surface area (Å²) in [6.07, 6.45) is 0.595. The van der Waals surface area contributed by atoms with Gasteiger partial charge in [0.25, 0.3) is 12.3 Å². The van der Waals surface area contributed by atoms with Gasteiger partial charge in [-0.15, -0.1) is 0 Å². The van der Waals surface area contributed by atoms with Gasteiger partial charge in [0.15, 0.2) is 5.82 Å². The molecule has 2 N–H and O–H groups in total. The molecular weight excluding hydrogens is 402 g/mol. The quantitative estimate of drug-likeness (QED) is 0.596. The van der Waals surface area contributed by atoms with E-state index in [0.29, 0.717) is 34.5 Å². The molecule has 2 aromatic carbocycles. The Balaban J connectivity index is 1.46. The minimum absolute atomic E-state index is 0.0106. The predicted octanol–water partition coefficient (Wildman–Crippen LogP) is 4.73. The van der Waals surface area contributed by atoms with Crippen LogP contribution in [-0.4, -0.2) is 35.1 Å². The van der Waals surface area contributed by atoms with Crippen molar-refractivity contribution in [3.05, 3.63) is 59.9 Å². The van der Waals surface area contributed by atoms with Gasteiger partial charge in [0.05, 0.1) is 12.6 Å². The maximum Gasteiger partial charge on any atom is 0.297 e. The number of anilines is 1. The zero-order valence-electron chi connectivity index (χ0n) is 17.1. The molecular formula is C23H24F2N4O2. The molecule has 4 rings (SSSR count). The zero-order chi connectivity index (χ0) is 21.8. The molecule has 6 nitrogen and oxygen atoms in total. The van der Waals surface area contributed by atoms with E-state index in [1.807, 2.05) is 12.1 Å². The lowest BCUT2D eigenvalue weighted by Crippen LogP contribution is -2.42. The Morgan fingerprint density at radius 2 is 1.81 bits per heavy atom. The van der Waals surface area contributed by atoms with E-state index in [1.54, 1.807) is 43.5 Å². The molecule has 0 spiro atoms. The average Bonchev–Trinajstić information content (AvgIpc) is 2.79. The third-order valence-corrected chi connectivity index (χ3v) is 5.52. The predicted molar refractivity (Wildman–Crippen MR) is 115 cm³/mol. The third-order valence-electron chi connectivity index (χ3n) is 5.52. The van der Waals surface area contributed by atoms with Crippen LogP contribution in [0.5, 0.6) is 5.75 Å². The van der Waals surface area contributed by atoms with Crippen molar-refractivity contribution >= 4 is 22.6 Å². The second-order valence-electron chi connectivity index (χ2n) is 7.66. The lowest BCUT2D eigenvalue weighted by Gasteiger charge is -2.31. The fourth-order valence-corrected chi connectivity index (χ4v) is 3.96. The smallest absolute Gasteiger partial charge is 0.297 e. The third kappa shape index (κ3) is 4.90. The Labute approximate surface area is 179 Å². The molecule has 1 heterocycles. The number of aromatic nitrogens is 2. The van der Waals surface area contributed by atoms with Crippen molar-refractivity contribution in [2.45, 2.75) is 44.2 Å². The summed E-state index contributed by atoms with van der Waals surface area (Å²) in [5.41, 5.74) is 1.05. The van der Waals surface area contributed by atoms with Crippen LogP contribution in [0, 0.1) is 0 Å². The number of benzene rings is 2. The largest absolute Gasteiger partial charge is 0.497 e. The van der Waals surface area contributed by atoms with E-state index in [0.717, 1.165) is 19.3 Å². The molecule has 0 bridgehead atoms. The fraction of sp³-hybridized carbons (Fsp3) is 0.348. The van der Waals surface area contributed by atoms with Gasteiger partial charge in [0.1, 0.15) is 11.6 Å². The van der Waals surface area contributed by atoms with Crippen molar-refractivity contribution in [2.24, 2.45) is 0 Å². The molecule has 31 heavy (non-hydrogen) atoms. The van der Waals surface area contributed by atoms with Crippen LogP contribution in [0.25, 0.3) is 10.9 Å². The molecule has 1 fully saturated rings. The van der Waals surface area contributed by atoms with Crippen molar-refractivity contribution in [1.82, 2.24) is 15.3 Å². The standard InChI is InChI=1S/C23H24F2N4O2/c1-31-17-11-9-14(10-12-17)23(30)27-16-6-4-5-15(13-16)26-21-18-7-2-3-8-19(18)28-22(29-21)20(24)25/h2-3,7-12,15-16,20H,4-6,13H2,1H3,(H,27,30)(H,26,28,29)/t15-,16+/m0/s1. The highest BCUT2D eigenvalue weighted by molar-refractivity contribution is 5.94. The van der Waals surface area contributed by atoms with Crippen LogP contribution in [0.4, 0.5) is 14.6 Å². The molecule has 8 heteroatoms. The first-order valence-electron chi connectivity index (χ1n) is 10.3. The normalized spacial score (nSPS) is 18.7. The number of hydrogen-bond acceptors (Lipinski definition) is 5. The van der Waals surface area contributed by atoms with E-state index >= 15 is 0 Å². The van der Waals surface area contributed by atoms with Crippen LogP contribution >= 0.6 is 0 Å². The molecule has 2 atom stereocenters. The Kier molecular flexibility index (Phi) is 6.25. The van der Waals surface area contributed by atoms with E-state index in [-0.39, 0.29) is 18.0 Å². The second kappa shape index (κ2) is 9.24. The zero-order valence-corrected chi connectivity index (χ0v) is 17.1. The van der Waals surface area contributed by atoms with Crippen molar-refractivity contribution in [1.29, 1.82) is 0 Å². The molecule has 0 unspecified atom stereocenters. The first-order valence-corrected chi connectivity index (χ1v) is 10.3. The SMILES string of the molecule is COc1ccc(C(=O)N[C@@H]2CCC[C@H](Nc3nc(C(F)F)nc4ccccc34)C2)cc1. The summed E-state index contributed by atoms with van der Waals surface area (Å²) in [6, 6.07) is 14.1. The summed E-state index contributed by atoms with van der Waals surface area (Å²) in [7, 11) is 1.58. The Bertz CT molecular complexity index is 1060. The van der Waals surface area contributed by atoms with Gasteiger partial charge in [-0.05, 0) is 62.1 Å². The van der Waals surface area contributed by atoms with Crippen LogP contribution in [0.2, 0.25) is 0 Å². The van der Waals surface area contributed by atoms with Crippen LogP contribution < -0.4 is 15.4 Å². The molecule has 0 aliphatic heterocycles. The van der Waals surface area contributed by atoms with Crippen LogP contribution in [-0.2, 0) is 0 Å². The first-order chi connectivity index (χ1) is 15.0. The number of hydrogen-bond donors (Lipinski definition) is 2. The van der Waals surface area contributed by atoms with E-state index < -0.39 is 12.2 Å². The molecule has 1 saturated carbocycles. The van der Waals surface area contributed by atoms with Crippen LogP contribution in [0.15, 0.2) is 48.5 Å². The Hall–Kier alpha value is -3.29. The van der Waals surface area contributed by atoms with E-state index in [1.165, 1.54) is 0 Å². The maximum absolute atomic E-state index is 13.3. The number of para-hydroxylation sites is 1. The summed E-state index contributed by atoms with van der Waals surface area (Å²) >= 11 is 0. The summed E-state index contributed by atoms with van der Waals surface area (Å²) in [6.45, 7) is 0. The van der Waals surface area contributed by atoms with Gasteiger partial charge in [-0.25, -0.2) is 18.7 Å². The van der Waals surface area contributed by atoms with Gasteiger partial charge in [0.2, 0.25) is 0 Å². The summed E-state index contributed by atoms with van der Waals surface area (Å²) in [4.78, 5) is 20.6. The number of nitrogens with zero attached hydrogens (tertiary/aromatic N) is 2.